The summed E-state index contributed by atoms with van der Waals surface area (Å²) in [5.41, 5.74) is 3.10. The van der Waals surface area contributed by atoms with E-state index in [1.165, 1.54) is 0 Å². The van der Waals surface area contributed by atoms with Crippen LogP contribution in [0.25, 0.3) is 11.3 Å². The van der Waals surface area contributed by atoms with Crippen LogP contribution in [0.2, 0.25) is 0 Å². The third-order valence-electron chi connectivity index (χ3n) is 5.77. The van der Waals surface area contributed by atoms with Crippen LogP contribution >= 0.6 is 0 Å². The molecule has 0 bridgehead atoms. The maximum absolute atomic E-state index is 13.6. The number of nitrogens with zero attached hydrogens (tertiary/aromatic N) is 3. The van der Waals surface area contributed by atoms with Gasteiger partial charge in [0.15, 0.2) is 0 Å². The second-order valence-electron chi connectivity index (χ2n) is 7.82. The van der Waals surface area contributed by atoms with Gasteiger partial charge in [-0.1, -0.05) is 35.5 Å². The average Bonchev–Trinajstić information content (AvgIpc) is 3.55. The normalized spacial score (nSPS) is 10.8. The number of benzene rings is 2. The van der Waals surface area contributed by atoms with Crippen LogP contribution in [-0.4, -0.2) is 36.2 Å². The lowest BCUT2D eigenvalue weighted by molar-refractivity contribution is 0.0718. The van der Waals surface area contributed by atoms with E-state index in [-0.39, 0.29) is 5.91 Å². The minimum Gasteiger partial charge on any atom is -0.497 e. The van der Waals surface area contributed by atoms with Crippen molar-refractivity contribution >= 4 is 11.8 Å². The highest BCUT2D eigenvalue weighted by atomic mass is 16.5. The summed E-state index contributed by atoms with van der Waals surface area (Å²) >= 11 is 0. The summed E-state index contributed by atoms with van der Waals surface area (Å²) in [7, 11) is 1.60. The molecule has 7 nitrogen and oxygen atoms in total. The number of hydrogen-bond donors (Lipinski definition) is 0. The summed E-state index contributed by atoms with van der Waals surface area (Å²) in [6.07, 6.45) is 1.61. The van der Waals surface area contributed by atoms with Gasteiger partial charge in [0.1, 0.15) is 17.2 Å². The molecule has 0 saturated heterocycles. The van der Waals surface area contributed by atoms with Crippen molar-refractivity contribution in [3.8, 4) is 17.0 Å². The van der Waals surface area contributed by atoms with Crippen LogP contribution in [0.1, 0.15) is 35.5 Å². The van der Waals surface area contributed by atoms with E-state index in [1.54, 1.807) is 42.5 Å². The van der Waals surface area contributed by atoms with E-state index in [1.807, 2.05) is 42.5 Å². The van der Waals surface area contributed by atoms with Crippen molar-refractivity contribution < 1.29 is 18.5 Å². The van der Waals surface area contributed by atoms with Crippen LogP contribution in [0.5, 0.6) is 5.75 Å². The molecule has 0 saturated carbocycles. The molecule has 4 aromatic rings. The molecule has 2 heterocycles. The van der Waals surface area contributed by atoms with Gasteiger partial charge in [-0.3, -0.25) is 4.79 Å². The molecule has 0 aliphatic heterocycles. The number of ether oxygens (including phenoxy) is 1. The number of amides is 1. The highest BCUT2D eigenvalue weighted by Gasteiger charge is 2.26. The highest BCUT2D eigenvalue weighted by Crippen LogP contribution is 2.33. The maximum atomic E-state index is 13.6. The van der Waals surface area contributed by atoms with Gasteiger partial charge >= 0.3 is 0 Å². The number of furan rings is 1. The molecule has 0 aliphatic rings. The smallest absolute Gasteiger partial charge is 0.254 e. The van der Waals surface area contributed by atoms with Crippen LogP contribution < -0.4 is 9.64 Å². The first kappa shape index (κ1) is 23.2. The van der Waals surface area contributed by atoms with Crippen molar-refractivity contribution in [2.24, 2.45) is 0 Å². The summed E-state index contributed by atoms with van der Waals surface area (Å²) in [5, 5.41) is 4.41. The molecule has 2 aromatic heterocycles. The molecule has 176 valence electrons. The molecule has 0 fully saturated rings. The lowest BCUT2D eigenvalue weighted by Crippen LogP contribution is -2.31. The zero-order valence-corrected chi connectivity index (χ0v) is 19.7. The Hall–Kier alpha value is -4.00. The third-order valence-corrected chi connectivity index (χ3v) is 5.77. The van der Waals surface area contributed by atoms with Crippen molar-refractivity contribution in [3.63, 3.8) is 0 Å². The van der Waals surface area contributed by atoms with Crippen LogP contribution in [0, 0.1) is 0 Å². The van der Waals surface area contributed by atoms with E-state index in [0.29, 0.717) is 36.0 Å². The number of carbonyl (C=O) groups excluding carboxylic acids is 1. The van der Waals surface area contributed by atoms with Crippen molar-refractivity contribution in [2.75, 3.05) is 25.1 Å². The van der Waals surface area contributed by atoms with E-state index >= 15 is 0 Å². The minimum absolute atomic E-state index is 0.121. The van der Waals surface area contributed by atoms with Gasteiger partial charge in [-0.25, -0.2) is 0 Å². The zero-order chi connectivity index (χ0) is 23.9. The molecule has 4 rings (SSSR count). The molecular formula is C27H29N3O4. The zero-order valence-electron chi connectivity index (χ0n) is 19.7. The van der Waals surface area contributed by atoms with Crippen molar-refractivity contribution in [1.29, 1.82) is 0 Å². The second-order valence-corrected chi connectivity index (χ2v) is 7.82. The van der Waals surface area contributed by atoms with Gasteiger partial charge < -0.3 is 23.5 Å². The van der Waals surface area contributed by atoms with Crippen LogP contribution in [0.3, 0.4) is 0 Å². The Morgan fingerprint density at radius 3 is 2.29 bits per heavy atom. The van der Waals surface area contributed by atoms with E-state index < -0.39 is 0 Å². The fraction of sp³-hybridized carbons (Fsp3) is 0.259. The van der Waals surface area contributed by atoms with E-state index in [2.05, 4.69) is 23.9 Å². The number of anilines is 1. The minimum atomic E-state index is -0.121. The van der Waals surface area contributed by atoms with Gasteiger partial charge in [0.25, 0.3) is 5.91 Å². The number of rotatable bonds is 10. The highest BCUT2D eigenvalue weighted by molar-refractivity contribution is 5.94. The Labute approximate surface area is 199 Å². The predicted octanol–water partition coefficient (Wildman–Crippen LogP) is 5.63. The van der Waals surface area contributed by atoms with Crippen LogP contribution in [-0.2, 0) is 13.1 Å². The first-order valence-electron chi connectivity index (χ1n) is 11.4. The molecule has 0 aliphatic carbocycles. The molecule has 0 unspecified atom stereocenters. The fourth-order valence-corrected chi connectivity index (χ4v) is 3.92. The van der Waals surface area contributed by atoms with Gasteiger partial charge in [-0.05, 0) is 50.2 Å². The molecule has 0 N–H and O–H groups in total. The van der Waals surface area contributed by atoms with Gasteiger partial charge in [0.05, 0.1) is 32.0 Å². The predicted molar refractivity (Wildman–Crippen MR) is 131 cm³/mol. The number of hydrogen-bond acceptors (Lipinski definition) is 6. The second kappa shape index (κ2) is 10.7. The Morgan fingerprint density at radius 1 is 0.941 bits per heavy atom. The summed E-state index contributed by atoms with van der Waals surface area (Å²) in [6, 6.07) is 20.7. The van der Waals surface area contributed by atoms with Gasteiger partial charge in [-0.2, -0.15) is 0 Å². The number of methoxy groups -OCH3 is 1. The molecule has 0 radical (unpaired) electrons. The summed E-state index contributed by atoms with van der Waals surface area (Å²) in [4.78, 5) is 17.5. The van der Waals surface area contributed by atoms with E-state index in [4.69, 9.17) is 13.7 Å². The van der Waals surface area contributed by atoms with Gasteiger partial charge in [0, 0.05) is 24.2 Å². The van der Waals surface area contributed by atoms with E-state index in [0.717, 1.165) is 29.9 Å². The topological polar surface area (TPSA) is 72.0 Å². The molecule has 2 aromatic carbocycles. The summed E-state index contributed by atoms with van der Waals surface area (Å²) in [5.74, 6) is 1.95. The SMILES string of the molecule is CCN(CC)c1onc(-c2ccccc2)c1CN(Cc1ccco1)C(=O)c1ccc(OC)cc1. The summed E-state index contributed by atoms with van der Waals surface area (Å²) < 4.78 is 16.7. The molecule has 1 amide bonds. The number of carbonyl (C=O) groups is 1. The first-order valence-corrected chi connectivity index (χ1v) is 11.4. The average molecular weight is 460 g/mol. The first-order chi connectivity index (χ1) is 16.6. The van der Waals surface area contributed by atoms with Crippen LogP contribution in [0.4, 0.5) is 5.88 Å². The maximum Gasteiger partial charge on any atom is 0.254 e. The van der Waals surface area contributed by atoms with Crippen molar-refractivity contribution in [2.45, 2.75) is 26.9 Å². The van der Waals surface area contributed by atoms with E-state index in [9.17, 15) is 4.79 Å². The fourth-order valence-electron chi connectivity index (χ4n) is 3.92. The molecular weight excluding hydrogens is 430 g/mol. The Morgan fingerprint density at radius 2 is 1.68 bits per heavy atom. The quantitative estimate of drug-likeness (QED) is 0.306. The summed E-state index contributed by atoms with van der Waals surface area (Å²) in [6.45, 7) is 6.29. The molecule has 34 heavy (non-hydrogen) atoms. The largest absolute Gasteiger partial charge is 0.497 e. The number of aromatic nitrogens is 1. The Kier molecular flexibility index (Phi) is 7.32. The monoisotopic (exact) mass is 459 g/mol. The van der Waals surface area contributed by atoms with Gasteiger partial charge in [-0.15, -0.1) is 0 Å². The van der Waals surface area contributed by atoms with Crippen LogP contribution in [0.15, 0.2) is 81.9 Å². The lowest BCUT2D eigenvalue weighted by Gasteiger charge is -2.24. The molecule has 0 spiro atoms. The Balaban J connectivity index is 1.75. The molecule has 7 heteroatoms. The van der Waals surface area contributed by atoms with Gasteiger partial charge in [0.2, 0.25) is 5.88 Å². The lowest BCUT2D eigenvalue weighted by atomic mass is 10.1. The van der Waals surface area contributed by atoms with Crippen molar-refractivity contribution in [3.05, 3.63) is 89.9 Å². The standard InChI is InChI=1S/C27H29N3O4/c1-4-29(5-2)27-24(25(28-34-27)20-10-7-6-8-11-20)19-30(18-23-12-9-17-33-23)26(31)21-13-15-22(32-3)16-14-21/h6-17H,4-5,18-19H2,1-3H3. The Bertz CT molecular complexity index is 1180. The van der Waals surface area contributed by atoms with Crippen molar-refractivity contribution in [1.82, 2.24) is 10.1 Å². The molecule has 0 atom stereocenters. The third kappa shape index (κ3) is 4.98.